The Morgan fingerprint density at radius 2 is 2.18 bits per heavy atom. The van der Waals surface area contributed by atoms with E-state index in [1.807, 2.05) is 35.0 Å². The number of likely N-dealkylation sites (tertiary alicyclic amines) is 1. The van der Waals surface area contributed by atoms with E-state index in [1.165, 1.54) is 37.1 Å². The number of fused-ring (bicyclic) bond motifs is 1. The van der Waals surface area contributed by atoms with Crippen LogP contribution in [0.15, 0.2) is 30.5 Å². The van der Waals surface area contributed by atoms with Gasteiger partial charge in [0.05, 0.1) is 16.0 Å². The second-order valence-electron chi connectivity index (χ2n) is 7.51. The van der Waals surface area contributed by atoms with Crippen molar-refractivity contribution in [2.45, 2.75) is 45.6 Å². The molecule has 0 aliphatic carbocycles. The SMILES string of the molecule is CC(=O)c1ccc(-c2cnc3ccc(NCCCN4CCCCC4C)nn23)s1. The van der Waals surface area contributed by atoms with Crippen molar-refractivity contribution < 1.29 is 4.79 Å². The van der Waals surface area contributed by atoms with Crippen LogP contribution >= 0.6 is 11.3 Å². The number of piperidine rings is 1. The lowest BCUT2D eigenvalue weighted by molar-refractivity contribution is 0.102. The van der Waals surface area contributed by atoms with E-state index in [4.69, 9.17) is 5.10 Å². The fourth-order valence-corrected chi connectivity index (χ4v) is 4.69. The molecule has 3 aromatic rings. The highest BCUT2D eigenvalue weighted by Crippen LogP contribution is 2.28. The monoisotopic (exact) mass is 397 g/mol. The average Bonchev–Trinajstić information content (AvgIpc) is 3.33. The van der Waals surface area contributed by atoms with Gasteiger partial charge in [-0.25, -0.2) is 9.50 Å². The van der Waals surface area contributed by atoms with Gasteiger partial charge in [-0.1, -0.05) is 6.42 Å². The van der Waals surface area contributed by atoms with E-state index < -0.39 is 0 Å². The molecule has 3 aromatic heterocycles. The summed E-state index contributed by atoms with van der Waals surface area (Å²) >= 11 is 1.48. The number of carbonyl (C=O) groups is 1. The van der Waals surface area contributed by atoms with Crippen molar-refractivity contribution >= 4 is 28.6 Å². The van der Waals surface area contributed by atoms with Crippen molar-refractivity contribution in [3.8, 4) is 10.6 Å². The highest BCUT2D eigenvalue weighted by molar-refractivity contribution is 7.17. The quantitative estimate of drug-likeness (QED) is 0.475. The Kier molecular flexibility index (Phi) is 5.73. The summed E-state index contributed by atoms with van der Waals surface area (Å²) in [5.41, 5.74) is 1.72. The number of Topliss-reactive ketones (excluding diaryl/α,β-unsaturated/α-hetero) is 1. The molecular weight excluding hydrogens is 370 g/mol. The van der Waals surface area contributed by atoms with Crippen LogP contribution in [0.1, 0.15) is 49.2 Å². The number of thiophene rings is 1. The zero-order valence-electron chi connectivity index (χ0n) is 16.5. The summed E-state index contributed by atoms with van der Waals surface area (Å²) in [4.78, 5) is 20.4. The molecule has 1 unspecified atom stereocenters. The van der Waals surface area contributed by atoms with Crippen molar-refractivity contribution in [1.82, 2.24) is 19.5 Å². The molecule has 0 radical (unpaired) electrons. The van der Waals surface area contributed by atoms with Crippen LogP contribution in [0.3, 0.4) is 0 Å². The van der Waals surface area contributed by atoms with Gasteiger partial charge in [-0.15, -0.1) is 16.4 Å². The molecule has 28 heavy (non-hydrogen) atoms. The van der Waals surface area contributed by atoms with E-state index in [0.29, 0.717) is 6.04 Å². The first-order valence-corrected chi connectivity index (χ1v) is 10.9. The number of nitrogens with one attached hydrogen (secondary N) is 1. The maximum atomic E-state index is 11.6. The number of carbonyl (C=O) groups excluding carboxylic acids is 1. The van der Waals surface area contributed by atoms with Gasteiger partial charge >= 0.3 is 0 Å². The van der Waals surface area contributed by atoms with Gasteiger partial charge in [0.2, 0.25) is 0 Å². The first kappa shape index (κ1) is 19.1. The molecular formula is C21H27N5OS. The summed E-state index contributed by atoms with van der Waals surface area (Å²) in [6.45, 7) is 7.20. The lowest BCUT2D eigenvalue weighted by atomic mass is 10.0. The smallest absolute Gasteiger partial charge is 0.169 e. The minimum Gasteiger partial charge on any atom is -0.369 e. The van der Waals surface area contributed by atoms with Gasteiger partial charge in [0.1, 0.15) is 11.5 Å². The van der Waals surface area contributed by atoms with E-state index in [2.05, 4.69) is 22.1 Å². The molecule has 6 nitrogen and oxygen atoms in total. The molecule has 1 aliphatic heterocycles. The lowest BCUT2D eigenvalue weighted by Crippen LogP contribution is -2.38. The highest BCUT2D eigenvalue weighted by atomic mass is 32.1. The third-order valence-corrected chi connectivity index (χ3v) is 6.65. The van der Waals surface area contributed by atoms with Crippen molar-refractivity contribution in [1.29, 1.82) is 0 Å². The molecule has 7 heteroatoms. The van der Waals surface area contributed by atoms with Gasteiger partial charge in [0.25, 0.3) is 0 Å². The molecule has 0 bridgehead atoms. The Labute approximate surface area is 169 Å². The van der Waals surface area contributed by atoms with Gasteiger partial charge in [-0.2, -0.15) is 0 Å². The number of anilines is 1. The van der Waals surface area contributed by atoms with Crippen molar-refractivity contribution in [3.63, 3.8) is 0 Å². The molecule has 4 heterocycles. The zero-order valence-corrected chi connectivity index (χ0v) is 17.3. The molecule has 0 amide bonds. The van der Waals surface area contributed by atoms with Crippen LogP contribution in [-0.2, 0) is 0 Å². The molecule has 0 aromatic carbocycles. The third kappa shape index (κ3) is 4.10. The van der Waals surface area contributed by atoms with Gasteiger partial charge < -0.3 is 10.2 Å². The summed E-state index contributed by atoms with van der Waals surface area (Å²) in [6, 6.07) is 8.50. The van der Waals surface area contributed by atoms with Gasteiger partial charge in [-0.05, 0) is 63.9 Å². The van der Waals surface area contributed by atoms with Crippen molar-refractivity contribution in [2.75, 3.05) is 25.0 Å². The molecule has 1 atom stereocenters. The van der Waals surface area contributed by atoms with Gasteiger partial charge in [0, 0.05) is 19.1 Å². The minimum absolute atomic E-state index is 0.0865. The second kappa shape index (κ2) is 8.41. The fraction of sp³-hybridized carbons (Fsp3) is 0.476. The summed E-state index contributed by atoms with van der Waals surface area (Å²) in [6.07, 6.45) is 6.94. The van der Waals surface area contributed by atoms with Gasteiger partial charge in [-0.3, -0.25) is 4.79 Å². The third-order valence-electron chi connectivity index (χ3n) is 5.44. The number of imidazole rings is 1. The van der Waals surface area contributed by atoms with Crippen LogP contribution in [0.5, 0.6) is 0 Å². The maximum Gasteiger partial charge on any atom is 0.169 e. The zero-order chi connectivity index (χ0) is 19.5. The highest BCUT2D eigenvalue weighted by Gasteiger charge is 2.17. The van der Waals surface area contributed by atoms with E-state index >= 15 is 0 Å². The number of hydrogen-bond acceptors (Lipinski definition) is 6. The average molecular weight is 398 g/mol. The largest absolute Gasteiger partial charge is 0.369 e. The van der Waals surface area contributed by atoms with Crippen LogP contribution < -0.4 is 5.32 Å². The van der Waals surface area contributed by atoms with E-state index in [9.17, 15) is 4.79 Å². The van der Waals surface area contributed by atoms with E-state index in [0.717, 1.165) is 46.4 Å². The van der Waals surface area contributed by atoms with Crippen molar-refractivity contribution in [3.05, 3.63) is 35.3 Å². The summed E-state index contributed by atoms with van der Waals surface area (Å²) in [5, 5.41) is 8.16. The van der Waals surface area contributed by atoms with Gasteiger partial charge in [0.15, 0.2) is 11.4 Å². The molecule has 1 aliphatic rings. The van der Waals surface area contributed by atoms with Crippen LogP contribution in [0.2, 0.25) is 0 Å². The summed E-state index contributed by atoms with van der Waals surface area (Å²) < 4.78 is 1.85. The Morgan fingerprint density at radius 1 is 1.29 bits per heavy atom. The predicted octanol–water partition coefficient (Wildman–Crippen LogP) is 4.34. The lowest BCUT2D eigenvalue weighted by Gasteiger charge is -2.33. The molecule has 4 rings (SSSR count). The topological polar surface area (TPSA) is 62.5 Å². The van der Waals surface area contributed by atoms with Crippen LogP contribution in [-0.4, -0.2) is 51.0 Å². The molecule has 1 N–H and O–H groups in total. The standard InChI is InChI=1S/C21H27N5OS/c1-15-6-3-4-12-25(15)13-5-11-22-20-9-10-21-23-14-17(26(21)24-20)19-8-7-18(28-19)16(2)27/h7-10,14-15H,3-6,11-13H2,1-2H3,(H,22,24). The molecule has 1 fully saturated rings. The van der Waals surface area contributed by atoms with Crippen LogP contribution in [0, 0.1) is 0 Å². The Hall–Kier alpha value is -2.25. The van der Waals surface area contributed by atoms with Crippen molar-refractivity contribution in [2.24, 2.45) is 0 Å². The number of hydrogen-bond donors (Lipinski definition) is 1. The number of rotatable bonds is 7. The molecule has 1 saturated heterocycles. The first-order chi connectivity index (χ1) is 13.6. The molecule has 0 spiro atoms. The Balaban J connectivity index is 1.41. The summed E-state index contributed by atoms with van der Waals surface area (Å²) in [7, 11) is 0. The Bertz CT molecular complexity index is 963. The normalized spacial score (nSPS) is 17.9. The van der Waals surface area contributed by atoms with Crippen LogP contribution in [0.25, 0.3) is 16.2 Å². The number of nitrogens with zero attached hydrogens (tertiary/aromatic N) is 4. The minimum atomic E-state index is 0.0865. The number of ketones is 1. The van der Waals surface area contributed by atoms with Crippen LogP contribution in [0.4, 0.5) is 5.82 Å². The number of aromatic nitrogens is 3. The summed E-state index contributed by atoms with van der Waals surface area (Å²) in [5.74, 6) is 0.935. The predicted molar refractivity (Wildman–Crippen MR) is 114 cm³/mol. The van der Waals surface area contributed by atoms with E-state index in [1.54, 1.807) is 6.92 Å². The first-order valence-electron chi connectivity index (χ1n) is 10.1. The fourth-order valence-electron chi connectivity index (χ4n) is 3.79. The maximum absolute atomic E-state index is 11.6. The Morgan fingerprint density at radius 3 is 2.96 bits per heavy atom. The molecule has 0 saturated carbocycles. The van der Waals surface area contributed by atoms with E-state index in [-0.39, 0.29) is 5.78 Å². The molecule has 148 valence electrons. The second-order valence-corrected chi connectivity index (χ2v) is 8.60.